The van der Waals surface area contributed by atoms with Crippen LogP contribution in [0.1, 0.15) is 25.3 Å². The summed E-state index contributed by atoms with van der Waals surface area (Å²) in [6, 6.07) is 6.05. The first-order valence-corrected chi connectivity index (χ1v) is 5.55. The van der Waals surface area contributed by atoms with Crippen molar-refractivity contribution >= 4 is 23.2 Å². The minimum atomic E-state index is 0.198. The first kappa shape index (κ1) is 10.5. The van der Waals surface area contributed by atoms with Crippen molar-refractivity contribution in [2.45, 2.75) is 32.7 Å². The van der Waals surface area contributed by atoms with Crippen LogP contribution in [0.25, 0.3) is 0 Å². The Morgan fingerprint density at radius 2 is 2.13 bits per heavy atom. The van der Waals surface area contributed by atoms with E-state index >= 15 is 0 Å². The summed E-state index contributed by atoms with van der Waals surface area (Å²) in [5.41, 5.74) is 2.01. The van der Waals surface area contributed by atoms with Crippen LogP contribution in [0.3, 0.4) is 0 Å². The van der Waals surface area contributed by atoms with Gasteiger partial charge in [-0.1, -0.05) is 11.6 Å². The summed E-state index contributed by atoms with van der Waals surface area (Å²) in [4.78, 5) is 13.5. The van der Waals surface area contributed by atoms with Crippen LogP contribution in [0, 0.1) is 6.92 Å². The zero-order valence-electron chi connectivity index (χ0n) is 8.96. The zero-order chi connectivity index (χ0) is 11.0. The Morgan fingerprint density at radius 3 is 2.67 bits per heavy atom. The quantitative estimate of drug-likeness (QED) is 0.716. The van der Waals surface area contributed by atoms with Gasteiger partial charge in [-0.2, -0.15) is 0 Å². The highest BCUT2D eigenvalue weighted by Crippen LogP contribution is 2.29. The van der Waals surface area contributed by atoms with Gasteiger partial charge in [-0.05, 0) is 44.0 Å². The van der Waals surface area contributed by atoms with Crippen molar-refractivity contribution in [3.63, 3.8) is 0 Å². The van der Waals surface area contributed by atoms with Crippen LogP contribution in [0.15, 0.2) is 18.2 Å². The molecule has 3 heteroatoms. The van der Waals surface area contributed by atoms with Gasteiger partial charge < -0.3 is 4.90 Å². The molecule has 1 aliphatic rings. The van der Waals surface area contributed by atoms with E-state index in [-0.39, 0.29) is 11.9 Å². The Kier molecular flexibility index (Phi) is 2.70. The number of hydrogen-bond acceptors (Lipinski definition) is 1. The standard InChI is InChI=1S/C12H14ClNO/c1-8-5-10(13)7-11(6-8)14-9(2)3-4-12(14)15/h5-7,9H,3-4H2,1-2H3/t9-/m0/s1. The van der Waals surface area contributed by atoms with Crippen molar-refractivity contribution < 1.29 is 4.79 Å². The topological polar surface area (TPSA) is 20.3 Å². The number of benzene rings is 1. The average molecular weight is 224 g/mol. The first-order valence-electron chi connectivity index (χ1n) is 5.17. The van der Waals surface area contributed by atoms with Crippen molar-refractivity contribution in [3.05, 3.63) is 28.8 Å². The molecule has 2 rings (SSSR count). The van der Waals surface area contributed by atoms with Gasteiger partial charge in [-0.15, -0.1) is 0 Å². The lowest BCUT2D eigenvalue weighted by molar-refractivity contribution is -0.117. The molecule has 0 bridgehead atoms. The van der Waals surface area contributed by atoms with E-state index < -0.39 is 0 Å². The molecule has 1 fully saturated rings. The number of carbonyl (C=O) groups is 1. The van der Waals surface area contributed by atoms with Crippen molar-refractivity contribution in [1.29, 1.82) is 0 Å². The Bertz CT molecular complexity index is 382. The van der Waals surface area contributed by atoms with Gasteiger partial charge in [0.25, 0.3) is 0 Å². The number of halogens is 1. The highest BCUT2D eigenvalue weighted by atomic mass is 35.5. The third kappa shape index (κ3) is 2.00. The Balaban J connectivity index is 2.40. The van der Waals surface area contributed by atoms with Gasteiger partial charge in [0, 0.05) is 23.2 Å². The lowest BCUT2D eigenvalue weighted by Gasteiger charge is -2.22. The fourth-order valence-electron chi connectivity index (χ4n) is 2.08. The number of rotatable bonds is 1. The molecule has 80 valence electrons. The molecule has 0 saturated carbocycles. The molecule has 0 N–H and O–H groups in total. The summed E-state index contributed by atoms with van der Waals surface area (Å²) in [7, 11) is 0. The van der Waals surface area contributed by atoms with Gasteiger partial charge in [0.05, 0.1) is 0 Å². The van der Waals surface area contributed by atoms with Crippen LogP contribution in [0.5, 0.6) is 0 Å². The number of amides is 1. The Morgan fingerprint density at radius 1 is 1.40 bits per heavy atom. The minimum Gasteiger partial charge on any atom is -0.310 e. The third-order valence-corrected chi connectivity index (χ3v) is 3.01. The molecule has 0 aliphatic carbocycles. The van der Waals surface area contributed by atoms with Gasteiger partial charge in [0.1, 0.15) is 0 Å². The van der Waals surface area contributed by atoms with Crippen LogP contribution in [-0.4, -0.2) is 11.9 Å². The lowest BCUT2D eigenvalue weighted by Crippen LogP contribution is -2.30. The van der Waals surface area contributed by atoms with Crippen molar-refractivity contribution in [3.8, 4) is 0 Å². The summed E-state index contributed by atoms with van der Waals surface area (Å²) >= 11 is 5.99. The van der Waals surface area contributed by atoms with Crippen LogP contribution < -0.4 is 4.90 Å². The fraction of sp³-hybridized carbons (Fsp3) is 0.417. The van der Waals surface area contributed by atoms with E-state index in [0.717, 1.165) is 17.7 Å². The summed E-state index contributed by atoms with van der Waals surface area (Å²) < 4.78 is 0. The SMILES string of the molecule is Cc1cc(Cl)cc(N2C(=O)CC[C@@H]2C)c1. The number of anilines is 1. The second-order valence-electron chi connectivity index (χ2n) is 4.14. The smallest absolute Gasteiger partial charge is 0.227 e. The highest BCUT2D eigenvalue weighted by Gasteiger charge is 2.28. The number of carbonyl (C=O) groups excluding carboxylic acids is 1. The maximum atomic E-state index is 11.7. The Labute approximate surface area is 94.8 Å². The zero-order valence-corrected chi connectivity index (χ0v) is 9.71. The second-order valence-corrected chi connectivity index (χ2v) is 4.57. The van der Waals surface area contributed by atoms with Gasteiger partial charge in [0.2, 0.25) is 5.91 Å². The predicted molar refractivity (Wildman–Crippen MR) is 62.4 cm³/mol. The first-order chi connectivity index (χ1) is 7.08. The van der Waals surface area contributed by atoms with Crippen LogP contribution in [0.4, 0.5) is 5.69 Å². The molecule has 1 aromatic rings. The minimum absolute atomic E-state index is 0.198. The largest absolute Gasteiger partial charge is 0.310 e. The van der Waals surface area contributed by atoms with E-state index in [2.05, 4.69) is 6.92 Å². The monoisotopic (exact) mass is 223 g/mol. The van der Waals surface area contributed by atoms with Crippen molar-refractivity contribution in [2.75, 3.05) is 4.90 Å². The number of hydrogen-bond donors (Lipinski definition) is 0. The molecule has 0 radical (unpaired) electrons. The van der Waals surface area contributed by atoms with E-state index in [1.54, 1.807) is 0 Å². The molecular weight excluding hydrogens is 210 g/mol. The highest BCUT2D eigenvalue weighted by molar-refractivity contribution is 6.31. The summed E-state index contributed by atoms with van der Waals surface area (Å²) in [5, 5.41) is 0.692. The molecule has 1 atom stereocenters. The molecule has 1 heterocycles. The van der Waals surface area contributed by atoms with E-state index in [1.807, 2.05) is 30.0 Å². The van der Waals surface area contributed by atoms with Crippen LogP contribution >= 0.6 is 11.6 Å². The molecule has 0 aromatic heterocycles. The van der Waals surface area contributed by atoms with Crippen LogP contribution in [0.2, 0.25) is 5.02 Å². The molecule has 15 heavy (non-hydrogen) atoms. The van der Waals surface area contributed by atoms with E-state index in [9.17, 15) is 4.79 Å². The summed E-state index contributed by atoms with van der Waals surface area (Å²) in [6.45, 7) is 4.06. The predicted octanol–water partition coefficient (Wildman–Crippen LogP) is 3.16. The normalized spacial score (nSPS) is 21.1. The fourth-order valence-corrected chi connectivity index (χ4v) is 2.37. The van der Waals surface area contributed by atoms with Gasteiger partial charge in [-0.3, -0.25) is 4.79 Å². The molecule has 0 spiro atoms. The summed E-state index contributed by atoms with van der Waals surface area (Å²) in [5.74, 6) is 0.198. The molecular formula is C12H14ClNO. The lowest BCUT2D eigenvalue weighted by atomic mass is 10.2. The summed E-state index contributed by atoms with van der Waals surface area (Å²) in [6.07, 6.45) is 1.58. The third-order valence-electron chi connectivity index (χ3n) is 2.79. The van der Waals surface area contributed by atoms with Gasteiger partial charge in [0.15, 0.2) is 0 Å². The maximum Gasteiger partial charge on any atom is 0.227 e. The molecule has 1 amide bonds. The maximum absolute atomic E-state index is 11.7. The second kappa shape index (κ2) is 3.86. The van der Waals surface area contributed by atoms with Crippen LogP contribution in [-0.2, 0) is 4.79 Å². The average Bonchev–Trinajstić information content (AvgIpc) is 2.44. The van der Waals surface area contributed by atoms with Crippen molar-refractivity contribution in [2.24, 2.45) is 0 Å². The molecule has 0 unspecified atom stereocenters. The van der Waals surface area contributed by atoms with E-state index in [1.165, 1.54) is 0 Å². The number of aryl methyl sites for hydroxylation is 1. The van der Waals surface area contributed by atoms with Gasteiger partial charge >= 0.3 is 0 Å². The Hall–Kier alpha value is -1.02. The number of nitrogens with zero attached hydrogens (tertiary/aromatic N) is 1. The van der Waals surface area contributed by atoms with E-state index in [0.29, 0.717) is 11.4 Å². The molecule has 1 aromatic carbocycles. The van der Waals surface area contributed by atoms with Crippen molar-refractivity contribution in [1.82, 2.24) is 0 Å². The molecule has 1 aliphatic heterocycles. The molecule has 1 saturated heterocycles. The molecule has 2 nitrogen and oxygen atoms in total. The van der Waals surface area contributed by atoms with E-state index in [4.69, 9.17) is 11.6 Å². The van der Waals surface area contributed by atoms with Gasteiger partial charge in [-0.25, -0.2) is 0 Å².